The van der Waals surface area contributed by atoms with E-state index in [9.17, 15) is 13.6 Å². The molecule has 0 radical (unpaired) electrons. The van der Waals surface area contributed by atoms with Crippen molar-refractivity contribution in [3.05, 3.63) is 51.8 Å². The molecule has 0 amide bonds. The standard InChI is InChI=1S/C12H9BrF2N2O2/c13-9-4-2-1-3-7(9)6-17-10(11(14)15)8(5-16-17)12(18)19/h1-5,11H,6H2,(H,18,19). The van der Waals surface area contributed by atoms with Gasteiger partial charge in [0.15, 0.2) is 0 Å². The van der Waals surface area contributed by atoms with Gasteiger partial charge in [0.2, 0.25) is 0 Å². The Morgan fingerprint density at radius 1 is 1.42 bits per heavy atom. The topological polar surface area (TPSA) is 55.1 Å². The van der Waals surface area contributed by atoms with Crippen molar-refractivity contribution in [1.29, 1.82) is 0 Å². The number of carboxylic acid groups (broad SMARTS) is 1. The average molecular weight is 331 g/mol. The van der Waals surface area contributed by atoms with E-state index in [1.807, 2.05) is 0 Å². The molecule has 0 spiro atoms. The van der Waals surface area contributed by atoms with Crippen molar-refractivity contribution < 1.29 is 18.7 Å². The molecule has 1 N–H and O–H groups in total. The second-order valence-electron chi connectivity index (χ2n) is 3.80. The first-order valence-electron chi connectivity index (χ1n) is 5.31. The van der Waals surface area contributed by atoms with Crippen LogP contribution in [-0.2, 0) is 6.54 Å². The van der Waals surface area contributed by atoms with Crippen LogP contribution in [0.1, 0.15) is 28.0 Å². The number of nitrogens with zero attached hydrogens (tertiary/aromatic N) is 2. The second-order valence-corrected chi connectivity index (χ2v) is 4.65. The van der Waals surface area contributed by atoms with E-state index >= 15 is 0 Å². The third-order valence-corrected chi connectivity index (χ3v) is 3.37. The van der Waals surface area contributed by atoms with Gasteiger partial charge in [-0.25, -0.2) is 13.6 Å². The van der Waals surface area contributed by atoms with Gasteiger partial charge < -0.3 is 5.11 Å². The van der Waals surface area contributed by atoms with Crippen LogP contribution in [0.4, 0.5) is 8.78 Å². The highest BCUT2D eigenvalue weighted by Gasteiger charge is 2.24. The SMILES string of the molecule is O=C(O)c1cnn(Cc2ccccc2Br)c1C(F)F. The summed E-state index contributed by atoms with van der Waals surface area (Å²) in [6, 6.07) is 7.09. The van der Waals surface area contributed by atoms with Crippen LogP contribution >= 0.6 is 15.9 Å². The molecule has 0 atom stereocenters. The molecule has 19 heavy (non-hydrogen) atoms. The zero-order valence-electron chi connectivity index (χ0n) is 9.55. The molecule has 0 bridgehead atoms. The molecule has 0 unspecified atom stereocenters. The number of benzene rings is 1. The maximum atomic E-state index is 12.9. The average Bonchev–Trinajstić information content (AvgIpc) is 2.76. The molecule has 0 fully saturated rings. The lowest BCUT2D eigenvalue weighted by Crippen LogP contribution is -2.10. The van der Waals surface area contributed by atoms with Crippen molar-refractivity contribution in [2.24, 2.45) is 0 Å². The van der Waals surface area contributed by atoms with Crippen molar-refractivity contribution >= 4 is 21.9 Å². The predicted octanol–water partition coefficient (Wildman–Crippen LogP) is 3.33. The summed E-state index contributed by atoms with van der Waals surface area (Å²) in [6.07, 6.45) is -1.95. The van der Waals surface area contributed by atoms with Crippen LogP contribution < -0.4 is 0 Å². The van der Waals surface area contributed by atoms with E-state index in [4.69, 9.17) is 5.11 Å². The summed E-state index contributed by atoms with van der Waals surface area (Å²) in [5, 5.41) is 12.6. The maximum absolute atomic E-state index is 12.9. The maximum Gasteiger partial charge on any atom is 0.339 e. The quantitative estimate of drug-likeness (QED) is 0.935. The molecule has 0 aliphatic heterocycles. The minimum Gasteiger partial charge on any atom is -0.478 e. The lowest BCUT2D eigenvalue weighted by molar-refractivity contribution is 0.0682. The highest BCUT2D eigenvalue weighted by molar-refractivity contribution is 9.10. The van der Waals surface area contributed by atoms with Crippen LogP contribution in [0, 0.1) is 0 Å². The number of aromatic carboxylic acids is 1. The van der Waals surface area contributed by atoms with Crippen molar-refractivity contribution in [1.82, 2.24) is 9.78 Å². The Morgan fingerprint density at radius 3 is 2.68 bits per heavy atom. The molecule has 0 saturated carbocycles. The molecule has 100 valence electrons. The Kier molecular flexibility index (Phi) is 3.94. The van der Waals surface area contributed by atoms with Gasteiger partial charge in [0.25, 0.3) is 6.43 Å². The van der Waals surface area contributed by atoms with E-state index in [1.54, 1.807) is 24.3 Å². The smallest absolute Gasteiger partial charge is 0.339 e. The van der Waals surface area contributed by atoms with Gasteiger partial charge in [-0.05, 0) is 11.6 Å². The summed E-state index contributed by atoms with van der Waals surface area (Å²) in [6.45, 7) is 0.0778. The highest BCUT2D eigenvalue weighted by atomic mass is 79.9. The first kappa shape index (κ1) is 13.7. The fourth-order valence-electron chi connectivity index (χ4n) is 1.70. The number of carbonyl (C=O) groups is 1. The van der Waals surface area contributed by atoms with Gasteiger partial charge in [-0.2, -0.15) is 5.10 Å². The Balaban J connectivity index is 2.41. The summed E-state index contributed by atoms with van der Waals surface area (Å²) in [4.78, 5) is 10.9. The highest BCUT2D eigenvalue weighted by Crippen LogP contribution is 2.25. The normalized spacial score (nSPS) is 10.9. The number of rotatable bonds is 4. The summed E-state index contributed by atoms with van der Waals surface area (Å²) in [5.74, 6) is -1.41. The van der Waals surface area contributed by atoms with Gasteiger partial charge in [0, 0.05) is 4.47 Å². The first-order valence-corrected chi connectivity index (χ1v) is 6.10. The van der Waals surface area contributed by atoms with E-state index < -0.39 is 23.7 Å². The fraction of sp³-hybridized carbons (Fsp3) is 0.167. The number of halogens is 3. The number of carboxylic acids is 1. The van der Waals surface area contributed by atoms with Gasteiger partial charge in [-0.3, -0.25) is 4.68 Å². The van der Waals surface area contributed by atoms with Gasteiger partial charge in [-0.1, -0.05) is 34.1 Å². The summed E-state index contributed by atoms with van der Waals surface area (Å²) in [7, 11) is 0. The zero-order chi connectivity index (χ0) is 14.0. The molecular weight excluding hydrogens is 322 g/mol. The van der Waals surface area contributed by atoms with E-state index in [2.05, 4.69) is 21.0 Å². The van der Waals surface area contributed by atoms with E-state index in [1.165, 1.54) is 0 Å². The Bertz CT molecular complexity index is 614. The number of hydrogen-bond acceptors (Lipinski definition) is 2. The lowest BCUT2D eigenvalue weighted by atomic mass is 10.2. The van der Waals surface area contributed by atoms with Gasteiger partial charge in [0.1, 0.15) is 11.3 Å². The molecule has 2 aromatic rings. The van der Waals surface area contributed by atoms with Crippen LogP contribution in [-0.4, -0.2) is 20.9 Å². The first-order chi connectivity index (χ1) is 9.00. The number of aromatic nitrogens is 2. The lowest BCUT2D eigenvalue weighted by Gasteiger charge is -2.09. The van der Waals surface area contributed by atoms with Crippen LogP contribution in [0.25, 0.3) is 0 Å². The van der Waals surface area contributed by atoms with E-state index in [0.29, 0.717) is 0 Å². The number of hydrogen-bond donors (Lipinski definition) is 1. The molecule has 7 heteroatoms. The zero-order valence-corrected chi connectivity index (χ0v) is 11.1. The van der Waals surface area contributed by atoms with Crippen LogP contribution in [0.5, 0.6) is 0 Å². The summed E-state index contributed by atoms with van der Waals surface area (Å²) >= 11 is 3.31. The third-order valence-electron chi connectivity index (χ3n) is 2.60. The Hall–Kier alpha value is -1.76. The predicted molar refractivity (Wildman–Crippen MR) is 67.4 cm³/mol. The van der Waals surface area contributed by atoms with Gasteiger partial charge in [0.05, 0.1) is 12.7 Å². The van der Waals surface area contributed by atoms with Gasteiger partial charge >= 0.3 is 5.97 Å². The molecule has 4 nitrogen and oxygen atoms in total. The molecular formula is C12H9BrF2N2O2. The molecule has 0 aliphatic rings. The second kappa shape index (κ2) is 5.48. The van der Waals surface area contributed by atoms with E-state index in [-0.39, 0.29) is 6.54 Å². The monoisotopic (exact) mass is 330 g/mol. The van der Waals surface area contributed by atoms with Crippen LogP contribution in [0.15, 0.2) is 34.9 Å². The molecule has 0 saturated heterocycles. The Labute approximate surface area is 115 Å². The van der Waals surface area contributed by atoms with Crippen molar-refractivity contribution in [3.63, 3.8) is 0 Å². The van der Waals surface area contributed by atoms with Crippen molar-refractivity contribution in [2.45, 2.75) is 13.0 Å². The molecule has 1 aromatic heterocycles. The molecule has 1 heterocycles. The number of alkyl halides is 2. The minimum atomic E-state index is -2.89. The van der Waals surface area contributed by atoms with Crippen LogP contribution in [0.3, 0.4) is 0 Å². The summed E-state index contributed by atoms with van der Waals surface area (Å²) in [5.41, 5.74) is -0.310. The van der Waals surface area contributed by atoms with E-state index in [0.717, 1.165) is 20.9 Å². The van der Waals surface area contributed by atoms with Crippen LogP contribution in [0.2, 0.25) is 0 Å². The minimum absolute atomic E-state index is 0.0778. The Morgan fingerprint density at radius 2 is 2.11 bits per heavy atom. The molecule has 2 rings (SSSR count). The molecule has 0 aliphatic carbocycles. The third kappa shape index (κ3) is 2.81. The molecule has 1 aromatic carbocycles. The largest absolute Gasteiger partial charge is 0.478 e. The van der Waals surface area contributed by atoms with Gasteiger partial charge in [-0.15, -0.1) is 0 Å². The summed E-state index contributed by atoms with van der Waals surface area (Å²) < 4.78 is 27.7. The van der Waals surface area contributed by atoms with Crippen molar-refractivity contribution in [2.75, 3.05) is 0 Å². The fourth-order valence-corrected chi connectivity index (χ4v) is 2.11. The van der Waals surface area contributed by atoms with Crippen molar-refractivity contribution in [3.8, 4) is 0 Å².